The monoisotopic (exact) mass is 354 g/mol. The van der Waals surface area contributed by atoms with E-state index in [0.29, 0.717) is 17.3 Å². The van der Waals surface area contributed by atoms with Gasteiger partial charge in [-0.25, -0.2) is 0 Å². The van der Waals surface area contributed by atoms with Crippen molar-refractivity contribution in [1.29, 1.82) is 0 Å². The smallest absolute Gasteiger partial charge is 0.358 e. The van der Waals surface area contributed by atoms with Crippen LogP contribution in [0.25, 0.3) is 0 Å². The van der Waals surface area contributed by atoms with E-state index >= 15 is 0 Å². The number of thiocarbonyl (C=S) groups is 1. The van der Waals surface area contributed by atoms with Gasteiger partial charge in [-0.05, 0) is 54.2 Å². The van der Waals surface area contributed by atoms with Crippen LogP contribution in [-0.4, -0.2) is 22.2 Å². The third kappa shape index (κ3) is 5.51. The first-order chi connectivity index (χ1) is 11.3. The van der Waals surface area contributed by atoms with Gasteiger partial charge in [0.15, 0.2) is 5.11 Å². The van der Waals surface area contributed by atoms with Gasteiger partial charge in [0.1, 0.15) is 0 Å². The van der Waals surface area contributed by atoms with E-state index in [1.807, 2.05) is 12.1 Å². The van der Waals surface area contributed by atoms with Crippen molar-refractivity contribution in [2.45, 2.75) is 12.7 Å². The molecule has 0 spiro atoms. The first-order valence-corrected chi connectivity index (χ1v) is 7.17. The molecular formula is C15H13F3N4OS. The summed E-state index contributed by atoms with van der Waals surface area (Å²) in [6.45, 7) is 0.508. The minimum Gasteiger partial charge on any atom is -0.358 e. The highest BCUT2D eigenvalue weighted by molar-refractivity contribution is 7.80. The van der Waals surface area contributed by atoms with Crippen LogP contribution in [0.4, 0.5) is 24.5 Å². The van der Waals surface area contributed by atoms with Gasteiger partial charge in [-0.1, -0.05) is 0 Å². The van der Waals surface area contributed by atoms with Crippen molar-refractivity contribution < 1.29 is 18.0 Å². The van der Waals surface area contributed by atoms with E-state index in [2.05, 4.69) is 15.6 Å². The summed E-state index contributed by atoms with van der Waals surface area (Å²) >= 11 is 5.13. The number of aromatic nitrogens is 1. The summed E-state index contributed by atoms with van der Waals surface area (Å²) in [5.41, 5.74) is 1.62. The summed E-state index contributed by atoms with van der Waals surface area (Å²) in [5, 5.41) is 8.00. The SMILES string of the molecule is O=C(Nc1ccc(NC(=S)NCc2ccncc2)cc1)C(F)(F)F. The molecule has 1 heterocycles. The second-order valence-corrected chi connectivity index (χ2v) is 5.10. The number of amides is 1. The number of pyridine rings is 1. The summed E-state index contributed by atoms with van der Waals surface area (Å²) in [5.74, 6) is -2.02. The fraction of sp³-hybridized carbons (Fsp3) is 0.133. The van der Waals surface area contributed by atoms with Crippen molar-refractivity contribution >= 4 is 34.6 Å². The second-order valence-electron chi connectivity index (χ2n) is 4.69. The van der Waals surface area contributed by atoms with Crippen molar-refractivity contribution in [2.24, 2.45) is 0 Å². The van der Waals surface area contributed by atoms with Crippen LogP contribution in [0, 0.1) is 0 Å². The average molecular weight is 354 g/mol. The Hall–Kier alpha value is -2.68. The number of rotatable bonds is 4. The summed E-state index contributed by atoms with van der Waals surface area (Å²) in [6.07, 6.45) is -1.59. The van der Waals surface area contributed by atoms with Gasteiger partial charge in [0.25, 0.3) is 0 Å². The van der Waals surface area contributed by atoms with Crippen LogP contribution in [0.3, 0.4) is 0 Å². The molecule has 0 bridgehead atoms. The number of carbonyl (C=O) groups is 1. The third-order valence-corrected chi connectivity index (χ3v) is 3.11. The van der Waals surface area contributed by atoms with Crippen LogP contribution in [0.2, 0.25) is 0 Å². The van der Waals surface area contributed by atoms with Gasteiger partial charge >= 0.3 is 12.1 Å². The average Bonchev–Trinajstić information content (AvgIpc) is 2.55. The lowest BCUT2D eigenvalue weighted by molar-refractivity contribution is -0.167. The number of nitrogens with zero attached hydrogens (tertiary/aromatic N) is 1. The number of hydrogen-bond donors (Lipinski definition) is 3. The normalized spacial score (nSPS) is 10.8. The van der Waals surface area contributed by atoms with Gasteiger partial charge in [-0.2, -0.15) is 13.2 Å². The molecule has 0 fully saturated rings. The summed E-state index contributed by atoms with van der Waals surface area (Å²) in [6, 6.07) is 9.38. The van der Waals surface area contributed by atoms with Gasteiger partial charge in [0.2, 0.25) is 0 Å². The molecule has 0 aliphatic carbocycles. The number of halogens is 3. The maximum Gasteiger partial charge on any atom is 0.471 e. The number of benzene rings is 1. The summed E-state index contributed by atoms with van der Waals surface area (Å²) < 4.78 is 36.5. The molecule has 0 atom stereocenters. The van der Waals surface area contributed by atoms with E-state index in [9.17, 15) is 18.0 Å². The van der Waals surface area contributed by atoms with Crippen LogP contribution >= 0.6 is 12.2 Å². The molecule has 0 saturated heterocycles. The topological polar surface area (TPSA) is 66.1 Å². The second kappa shape index (κ2) is 7.73. The zero-order valence-electron chi connectivity index (χ0n) is 12.2. The molecule has 9 heteroatoms. The molecule has 5 nitrogen and oxygen atoms in total. The van der Waals surface area contributed by atoms with E-state index in [1.165, 1.54) is 24.3 Å². The molecular weight excluding hydrogens is 341 g/mol. The van der Waals surface area contributed by atoms with Crippen LogP contribution in [0.5, 0.6) is 0 Å². The molecule has 0 aliphatic heterocycles. The molecule has 24 heavy (non-hydrogen) atoms. The van der Waals surface area contributed by atoms with Gasteiger partial charge < -0.3 is 16.0 Å². The Labute approximate surface area is 141 Å². The molecule has 1 aromatic carbocycles. The summed E-state index contributed by atoms with van der Waals surface area (Å²) in [4.78, 5) is 14.7. The van der Waals surface area contributed by atoms with Gasteiger partial charge in [0.05, 0.1) is 0 Å². The van der Waals surface area contributed by atoms with Crippen LogP contribution < -0.4 is 16.0 Å². The maximum atomic E-state index is 12.2. The Bertz CT molecular complexity index is 705. The minimum absolute atomic E-state index is 0.0403. The van der Waals surface area contributed by atoms with E-state index in [4.69, 9.17) is 12.2 Å². The highest BCUT2D eigenvalue weighted by atomic mass is 32.1. The Morgan fingerprint density at radius 1 is 1.00 bits per heavy atom. The highest BCUT2D eigenvalue weighted by Gasteiger charge is 2.38. The predicted molar refractivity (Wildman–Crippen MR) is 88.4 cm³/mol. The fourth-order valence-corrected chi connectivity index (χ4v) is 1.89. The van der Waals surface area contributed by atoms with E-state index < -0.39 is 12.1 Å². The van der Waals surface area contributed by atoms with Crippen LogP contribution in [-0.2, 0) is 11.3 Å². The molecule has 0 unspecified atom stereocenters. The Morgan fingerprint density at radius 3 is 2.08 bits per heavy atom. The maximum absolute atomic E-state index is 12.2. The molecule has 0 aliphatic rings. The van der Waals surface area contributed by atoms with Crippen LogP contribution in [0.15, 0.2) is 48.8 Å². The lowest BCUT2D eigenvalue weighted by Gasteiger charge is -2.12. The van der Waals surface area contributed by atoms with E-state index in [0.717, 1.165) is 5.56 Å². The largest absolute Gasteiger partial charge is 0.471 e. The number of alkyl halides is 3. The molecule has 0 radical (unpaired) electrons. The van der Waals surface area contributed by atoms with Crippen molar-refractivity contribution in [3.63, 3.8) is 0 Å². The molecule has 0 saturated carbocycles. The minimum atomic E-state index is -4.92. The molecule has 3 N–H and O–H groups in total. The quantitative estimate of drug-likeness (QED) is 0.737. The number of carbonyl (C=O) groups excluding carboxylic acids is 1. The Balaban J connectivity index is 1.85. The van der Waals surface area contributed by atoms with Crippen molar-refractivity contribution in [1.82, 2.24) is 10.3 Å². The van der Waals surface area contributed by atoms with E-state index in [-0.39, 0.29) is 5.69 Å². The standard InChI is InChI=1S/C15H13F3N4OS/c16-15(17,18)13(23)21-11-1-3-12(4-2-11)22-14(24)20-9-10-5-7-19-8-6-10/h1-8H,9H2,(H,21,23)(H2,20,22,24). The first-order valence-electron chi connectivity index (χ1n) is 6.76. The zero-order valence-corrected chi connectivity index (χ0v) is 13.0. The van der Waals surface area contributed by atoms with E-state index in [1.54, 1.807) is 17.7 Å². The predicted octanol–water partition coefficient (Wildman–Crippen LogP) is 3.07. The van der Waals surface area contributed by atoms with Crippen molar-refractivity contribution in [3.8, 4) is 0 Å². The third-order valence-electron chi connectivity index (χ3n) is 2.86. The van der Waals surface area contributed by atoms with Gasteiger partial charge in [-0.3, -0.25) is 9.78 Å². The molecule has 2 rings (SSSR count). The molecule has 2 aromatic rings. The van der Waals surface area contributed by atoms with Gasteiger partial charge in [0, 0.05) is 30.3 Å². The Morgan fingerprint density at radius 2 is 1.54 bits per heavy atom. The zero-order chi connectivity index (χ0) is 17.6. The lowest BCUT2D eigenvalue weighted by Crippen LogP contribution is -2.30. The highest BCUT2D eigenvalue weighted by Crippen LogP contribution is 2.19. The Kier molecular flexibility index (Phi) is 5.69. The first kappa shape index (κ1) is 17.7. The number of anilines is 2. The lowest BCUT2D eigenvalue weighted by atomic mass is 10.2. The fourth-order valence-electron chi connectivity index (χ4n) is 1.70. The summed E-state index contributed by atoms with van der Waals surface area (Å²) in [7, 11) is 0. The molecule has 1 amide bonds. The van der Waals surface area contributed by atoms with Crippen LogP contribution in [0.1, 0.15) is 5.56 Å². The molecule has 126 valence electrons. The van der Waals surface area contributed by atoms with Gasteiger partial charge in [-0.15, -0.1) is 0 Å². The number of hydrogen-bond acceptors (Lipinski definition) is 3. The number of nitrogens with one attached hydrogen (secondary N) is 3. The van der Waals surface area contributed by atoms with Crippen molar-refractivity contribution in [3.05, 3.63) is 54.4 Å². The molecule has 1 aromatic heterocycles. The van der Waals surface area contributed by atoms with Crippen molar-refractivity contribution in [2.75, 3.05) is 10.6 Å².